The van der Waals surface area contributed by atoms with Gasteiger partial charge in [0.05, 0.1) is 31.5 Å². The van der Waals surface area contributed by atoms with Gasteiger partial charge in [-0.25, -0.2) is 33.5 Å². The van der Waals surface area contributed by atoms with Gasteiger partial charge < -0.3 is 53.8 Å². The smallest absolute Gasteiger partial charge is 0.522 e. The van der Waals surface area contributed by atoms with Gasteiger partial charge in [0, 0.05) is 17.3 Å². The van der Waals surface area contributed by atoms with E-state index in [1.165, 1.54) is 10.9 Å². The number of rotatable bonds is 11. The summed E-state index contributed by atoms with van der Waals surface area (Å²) in [5, 5.41) is 2.38. The fraction of sp³-hybridized carbons (Fsp3) is 0.421. The van der Waals surface area contributed by atoms with Crippen molar-refractivity contribution in [1.82, 2.24) is 19.5 Å². The lowest BCUT2D eigenvalue weighted by Gasteiger charge is -2.33. The van der Waals surface area contributed by atoms with Gasteiger partial charge in [-0.05, 0) is 0 Å². The minimum atomic E-state index is -6.21. The van der Waals surface area contributed by atoms with E-state index in [2.05, 4.69) is 50.9 Å². The second kappa shape index (κ2) is 14.1. The summed E-state index contributed by atoms with van der Waals surface area (Å²) in [4.78, 5) is 83.5. The number of ether oxygens (including phenoxy) is 4. The van der Waals surface area contributed by atoms with Gasteiger partial charge in [-0.2, -0.15) is 17.4 Å². The molecule has 5 N–H and O–H groups in total. The summed E-state index contributed by atoms with van der Waals surface area (Å²) in [6, 6.07) is 0. The van der Waals surface area contributed by atoms with Gasteiger partial charge in [-0.3, -0.25) is 18.3 Å². The molecule has 5 rings (SSSR count). The minimum Gasteiger partial charge on any atom is -0.756 e. The molecule has 8 atom stereocenters. The molecule has 2 aliphatic rings. The van der Waals surface area contributed by atoms with E-state index in [1.54, 1.807) is 0 Å². The molecular weight excluding hydrogens is 785 g/mol. The number of thiol groups is 1. The maximum absolute atomic E-state index is 13.4. The van der Waals surface area contributed by atoms with Crippen LogP contribution < -0.4 is 29.7 Å². The van der Waals surface area contributed by atoms with Gasteiger partial charge in [0.15, 0.2) is 16.8 Å². The Balaban J connectivity index is 1.43. The van der Waals surface area contributed by atoms with Crippen molar-refractivity contribution >= 4 is 100 Å². The quantitative estimate of drug-likeness (QED) is 0.0516. The van der Waals surface area contributed by atoms with Crippen molar-refractivity contribution in [2.45, 2.75) is 36.6 Å². The maximum Gasteiger partial charge on any atom is 0.522 e. The van der Waals surface area contributed by atoms with Gasteiger partial charge in [-0.15, -0.1) is 0 Å². The van der Waals surface area contributed by atoms with Crippen molar-refractivity contribution in [3.63, 3.8) is 0 Å². The maximum atomic E-state index is 13.4. The second-order valence-corrected chi connectivity index (χ2v) is 15.5. The van der Waals surface area contributed by atoms with Crippen molar-refractivity contribution in [3.8, 4) is 0 Å². The average Bonchev–Trinajstić information content (AvgIpc) is 3.75. The number of anilines is 2. The predicted molar refractivity (Wildman–Crippen MR) is 158 cm³/mol. The Morgan fingerprint density at radius 2 is 1.96 bits per heavy atom. The third kappa shape index (κ3) is 8.10. The van der Waals surface area contributed by atoms with Gasteiger partial charge in [0.25, 0.3) is 35.4 Å². The first-order chi connectivity index (χ1) is 22.9. The SMILES string of the molecule is [C-]#[N+]c1c(CS)s[n+](C(=O)OC)c1NC(=O)C1OC2C(COP(=O)([O-])OP(=O)([O-])OP(=O)([O-])O)OC(n3cnc4c(=S)nc(N)[nH]c43)C2O1. The van der Waals surface area contributed by atoms with E-state index >= 15 is 0 Å². The Labute approximate surface area is 286 Å². The first kappa shape index (κ1) is 37.5. The molecule has 0 aliphatic carbocycles. The van der Waals surface area contributed by atoms with Crippen molar-refractivity contribution in [2.24, 2.45) is 0 Å². The minimum absolute atomic E-state index is 0.00893. The highest BCUT2D eigenvalue weighted by molar-refractivity contribution is 7.79. The number of phosphoric acid groups is 3. The van der Waals surface area contributed by atoms with E-state index in [9.17, 15) is 38.0 Å². The van der Waals surface area contributed by atoms with E-state index < -0.39 is 72.9 Å². The lowest BCUT2D eigenvalue weighted by Crippen LogP contribution is -2.43. The summed E-state index contributed by atoms with van der Waals surface area (Å²) in [5.41, 5.74) is 5.95. The number of nitrogens with zero attached hydrogens (tertiary/aromatic N) is 5. The fourth-order valence-corrected chi connectivity index (χ4v) is 8.90. The predicted octanol–water partition coefficient (Wildman–Crippen LogP) is -0.891. The van der Waals surface area contributed by atoms with Crippen LogP contribution in [0.2, 0.25) is 0 Å². The van der Waals surface area contributed by atoms with E-state index in [-0.39, 0.29) is 39.0 Å². The molecule has 0 spiro atoms. The number of phosphoric ester groups is 1. The molecule has 30 heteroatoms. The van der Waals surface area contributed by atoms with Crippen LogP contribution in [0.1, 0.15) is 11.1 Å². The monoisotopic (exact) mass is 804 g/mol. The van der Waals surface area contributed by atoms with Crippen LogP contribution in [0, 0.1) is 11.2 Å². The molecule has 1 amide bonds. The number of amides is 1. The highest BCUT2D eigenvalue weighted by Gasteiger charge is 2.56. The Morgan fingerprint density at radius 1 is 1.27 bits per heavy atom. The number of nitrogens with two attached hydrogens (primary N) is 1. The Kier molecular flexibility index (Phi) is 10.8. The van der Waals surface area contributed by atoms with E-state index in [0.717, 1.165) is 22.6 Å². The summed E-state index contributed by atoms with van der Waals surface area (Å²) in [6.07, 6.45) is -7.03. The molecule has 8 unspecified atom stereocenters. The van der Waals surface area contributed by atoms with Crippen molar-refractivity contribution in [3.05, 3.63) is 27.3 Å². The molecule has 2 aliphatic heterocycles. The largest absolute Gasteiger partial charge is 0.756 e. The third-order valence-electron chi connectivity index (χ3n) is 6.33. The highest BCUT2D eigenvalue weighted by Crippen LogP contribution is 2.61. The van der Waals surface area contributed by atoms with Gasteiger partial charge in [0.1, 0.15) is 29.5 Å². The van der Waals surface area contributed by atoms with Crippen molar-refractivity contribution in [1.29, 1.82) is 0 Å². The first-order valence-corrected chi connectivity index (χ1v) is 19.0. The average molecular weight is 805 g/mol. The van der Waals surface area contributed by atoms with Crippen LogP contribution in [0.3, 0.4) is 0 Å². The molecule has 0 saturated carbocycles. The fourth-order valence-electron chi connectivity index (χ4n) is 4.56. The Morgan fingerprint density at radius 3 is 2.59 bits per heavy atom. The van der Waals surface area contributed by atoms with Gasteiger partial charge >= 0.3 is 17.8 Å². The number of hydrogen-bond donors (Lipinski definition) is 5. The number of carbonyl (C=O) groups excluding carboxylic acids is 2. The molecule has 49 heavy (non-hydrogen) atoms. The lowest BCUT2D eigenvalue weighted by atomic mass is 10.1. The first-order valence-electron chi connectivity index (χ1n) is 12.7. The van der Waals surface area contributed by atoms with Crippen LogP contribution in [0.15, 0.2) is 6.33 Å². The number of fused-ring (bicyclic) bond motifs is 2. The number of nitrogens with one attached hydrogen (secondary N) is 2. The van der Waals surface area contributed by atoms with Crippen molar-refractivity contribution < 1.29 is 78.9 Å². The van der Waals surface area contributed by atoms with E-state index in [1.807, 2.05) is 0 Å². The van der Waals surface area contributed by atoms with Gasteiger partial charge in [-0.1, -0.05) is 16.2 Å². The highest BCUT2D eigenvalue weighted by atomic mass is 32.1. The molecule has 24 nitrogen and oxygen atoms in total. The molecule has 2 fully saturated rings. The summed E-state index contributed by atoms with van der Waals surface area (Å²) in [7, 11) is -17.1. The number of H-pyrrole nitrogens is 1. The topological polar surface area (TPSA) is 332 Å². The standard InChI is InChI=1S/C19H21N8O16P3S3/c1-21-8-7(4-47)49-27(19(29)37-2)13(8)23-14(28)17-40-10-6(3-38-45(33,34)43-46(35,36)42-44(30,31)32)39-16(11(10)41-17)26-5-22-9-12(26)24-18(20)25-15(9)48/h5-6,10-11,16-17H,3-4H2,2H3,(H8,20,24,25,30,31,32,33,34,35,36,47,48)/p-2. The van der Waals surface area contributed by atoms with Crippen molar-refractivity contribution in [2.75, 3.05) is 24.8 Å². The number of methoxy groups -OCH3 is 1. The van der Waals surface area contributed by atoms with Crippen LogP contribution in [0.25, 0.3) is 16.0 Å². The Bertz CT molecular complexity index is 2060. The molecule has 0 bridgehead atoms. The summed E-state index contributed by atoms with van der Waals surface area (Å²) >= 11 is 10.1. The van der Waals surface area contributed by atoms with Crippen LogP contribution in [-0.2, 0) is 56.3 Å². The van der Waals surface area contributed by atoms with E-state index in [4.69, 9.17) is 48.4 Å². The van der Waals surface area contributed by atoms with Crippen LogP contribution >= 0.6 is 59.8 Å². The number of carbonyl (C=O) groups is 2. The molecular formula is C19H19N8O16P3S3-2. The summed E-state index contributed by atoms with van der Waals surface area (Å²) < 4.78 is 70.5. The molecule has 0 aromatic carbocycles. The molecule has 3 aromatic rings. The molecule has 0 radical (unpaired) electrons. The van der Waals surface area contributed by atoms with Crippen LogP contribution in [0.4, 0.5) is 22.2 Å². The summed E-state index contributed by atoms with van der Waals surface area (Å²) in [6.45, 7) is 6.44. The lowest BCUT2D eigenvalue weighted by molar-refractivity contribution is -0.496. The zero-order valence-electron chi connectivity index (χ0n) is 23.9. The zero-order valence-corrected chi connectivity index (χ0v) is 29.1. The number of aromatic amines is 1. The van der Waals surface area contributed by atoms with E-state index in [0.29, 0.717) is 4.88 Å². The number of imidazole rings is 1. The van der Waals surface area contributed by atoms with Crippen LogP contribution in [-0.4, -0.2) is 74.7 Å². The zero-order chi connectivity index (χ0) is 36.1. The second-order valence-electron chi connectivity index (χ2n) is 9.43. The van der Waals surface area contributed by atoms with Crippen LogP contribution in [0.5, 0.6) is 0 Å². The molecule has 266 valence electrons. The molecule has 2 saturated heterocycles. The normalized spacial score (nSPS) is 25.5. The molecule has 5 heterocycles. The van der Waals surface area contributed by atoms with Gasteiger partial charge in [0.2, 0.25) is 0 Å². The third-order valence-corrected chi connectivity index (χ3v) is 11.9. The summed E-state index contributed by atoms with van der Waals surface area (Å²) in [5.74, 6) is -1.43. The molecule has 3 aromatic heterocycles. The Hall–Kier alpha value is -2.73. The number of aromatic nitrogens is 5. The number of nitrogen functional groups attached to an aromatic ring is 1. The number of hydrogen-bond acceptors (Lipinski definition) is 21.